The van der Waals surface area contributed by atoms with Crippen molar-refractivity contribution in [1.29, 1.82) is 5.26 Å². The van der Waals surface area contributed by atoms with Gasteiger partial charge in [0.1, 0.15) is 5.76 Å². The number of allylic oxidation sites excluding steroid dienone is 4. The Kier molecular flexibility index (Phi) is 7.11. The minimum absolute atomic E-state index is 0.157. The minimum Gasteiger partial charge on any atom is -0.450 e. The number of hydrogen-bond donors (Lipinski definition) is 1. The van der Waals surface area contributed by atoms with E-state index < -0.39 is 0 Å². The van der Waals surface area contributed by atoms with Crippen LogP contribution in [0.1, 0.15) is 19.8 Å². The summed E-state index contributed by atoms with van der Waals surface area (Å²) in [7, 11) is 0. The van der Waals surface area contributed by atoms with Gasteiger partial charge in [0.05, 0.1) is 12.3 Å². The molecule has 1 aliphatic heterocycles. The molecule has 0 unspecified atom stereocenters. The van der Waals surface area contributed by atoms with Crippen LogP contribution in [0.2, 0.25) is 0 Å². The summed E-state index contributed by atoms with van der Waals surface area (Å²) in [5.41, 5.74) is 1.74. The van der Waals surface area contributed by atoms with Gasteiger partial charge in [-0.05, 0) is 43.7 Å². The molecule has 1 saturated heterocycles. The van der Waals surface area contributed by atoms with Gasteiger partial charge in [0.2, 0.25) is 0 Å². The second-order valence-electron chi connectivity index (χ2n) is 6.55. The van der Waals surface area contributed by atoms with Crippen molar-refractivity contribution in [3.8, 4) is 6.19 Å². The zero-order chi connectivity index (χ0) is 20.5. The third-order valence-electron chi connectivity index (χ3n) is 4.62. The molecular weight excluding hydrogens is 370 g/mol. The van der Waals surface area contributed by atoms with Crippen LogP contribution in [0.3, 0.4) is 0 Å². The molecule has 0 aromatic heterocycles. The van der Waals surface area contributed by atoms with Crippen molar-refractivity contribution in [1.82, 2.24) is 10.2 Å². The second-order valence-corrected chi connectivity index (χ2v) is 6.55. The smallest absolute Gasteiger partial charge is 0.409 e. The topological polar surface area (TPSA) is 90.2 Å². The summed E-state index contributed by atoms with van der Waals surface area (Å²) in [6.45, 7) is 4.95. The third-order valence-corrected chi connectivity index (χ3v) is 4.62. The summed E-state index contributed by atoms with van der Waals surface area (Å²) < 4.78 is 10.8. The average Bonchev–Trinajstić information content (AvgIpc) is 2.75. The third kappa shape index (κ3) is 5.75. The van der Waals surface area contributed by atoms with Crippen molar-refractivity contribution in [2.75, 3.05) is 37.7 Å². The highest BCUT2D eigenvalue weighted by Gasteiger charge is 2.22. The highest BCUT2D eigenvalue weighted by Crippen LogP contribution is 2.22. The number of carbonyl (C=O) groups is 1. The Hall–Kier alpha value is -3.47. The number of rotatable bonds is 4. The van der Waals surface area contributed by atoms with Gasteiger partial charge in [-0.15, -0.1) is 0 Å². The van der Waals surface area contributed by atoms with Gasteiger partial charge in [0, 0.05) is 38.3 Å². The molecule has 8 heteroatoms. The van der Waals surface area contributed by atoms with Crippen LogP contribution in [0, 0.1) is 11.5 Å². The van der Waals surface area contributed by atoms with Gasteiger partial charge in [-0.2, -0.15) is 10.3 Å². The lowest BCUT2D eigenvalue weighted by atomic mass is 10.2. The first-order valence-corrected chi connectivity index (χ1v) is 9.73. The maximum absolute atomic E-state index is 11.8. The summed E-state index contributed by atoms with van der Waals surface area (Å²) in [5, 5.41) is 11.4. The standard InChI is InChI=1S/C21H25N5O3/c1-2-28-21(27)26-14-12-25(13-15-26)18-10-8-17(9-11-18)24-20(23-16-22)29-19-6-4-3-5-7-19/h3-4,6,8-11H,2,5,7,12-15H2,1H3,(H,23,24). The van der Waals surface area contributed by atoms with Gasteiger partial charge < -0.3 is 19.3 Å². The number of ether oxygens (including phenoxy) is 2. The van der Waals surface area contributed by atoms with Gasteiger partial charge in [-0.1, -0.05) is 12.2 Å². The minimum atomic E-state index is -0.252. The summed E-state index contributed by atoms with van der Waals surface area (Å²) in [4.78, 5) is 20.1. The van der Waals surface area contributed by atoms with E-state index in [1.54, 1.807) is 4.90 Å². The van der Waals surface area contributed by atoms with E-state index in [2.05, 4.69) is 21.3 Å². The number of anilines is 1. The zero-order valence-electron chi connectivity index (χ0n) is 16.5. The number of hydrogen-bond acceptors (Lipinski definition) is 6. The van der Waals surface area contributed by atoms with Crippen LogP contribution in [0.25, 0.3) is 0 Å². The fourth-order valence-corrected chi connectivity index (χ4v) is 3.13. The predicted octanol–water partition coefficient (Wildman–Crippen LogP) is 3.27. The number of nitrogens with one attached hydrogen (secondary N) is 1. The lowest BCUT2D eigenvalue weighted by Gasteiger charge is -2.35. The summed E-state index contributed by atoms with van der Waals surface area (Å²) >= 11 is 0. The van der Waals surface area contributed by atoms with Gasteiger partial charge in [0.15, 0.2) is 6.19 Å². The Morgan fingerprint density at radius 1 is 1.24 bits per heavy atom. The molecule has 1 aromatic rings. The number of aliphatic imine (C=N–C) groups is 1. The molecule has 1 N–H and O–H groups in total. The van der Waals surface area contributed by atoms with E-state index in [0.717, 1.165) is 37.4 Å². The normalized spacial score (nSPS) is 16.7. The molecule has 152 valence electrons. The number of amidine groups is 1. The van der Waals surface area contributed by atoms with Crippen molar-refractivity contribution >= 4 is 23.5 Å². The Bertz CT molecular complexity index is 831. The number of piperazine rings is 1. The van der Waals surface area contributed by atoms with Gasteiger partial charge in [-0.25, -0.2) is 10.1 Å². The molecule has 0 spiro atoms. The second kappa shape index (κ2) is 10.2. The fourth-order valence-electron chi connectivity index (χ4n) is 3.13. The Labute approximate surface area is 170 Å². The first-order chi connectivity index (χ1) is 14.2. The molecular formula is C21H25N5O3. The Morgan fingerprint density at radius 2 is 2.00 bits per heavy atom. The lowest BCUT2D eigenvalue weighted by molar-refractivity contribution is 0.105. The molecule has 1 heterocycles. The van der Waals surface area contributed by atoms with Crippen LogP contribution in [0.4, 0.5) is 16.2 Å². The van der Waals surface area contributed by atoms with Gasteiger partial charge >= 0.3 is 12.1 Å². The van der Waals surface area contributed by atoms with Crippen LogP contribution in [-0.2, 0) is 9.47 Å². The van der Waals surface area contributed by atoms with E-state index in [1.807, 2.05) is 49.5 Å². The monoisotopic (exact) mass is 395 g/mol. The highest BCUT2D eigenvalue weighted by molar-refractivity contribution is 5.79. The molecule has 29 heavy (non-hydrogen) atoms. The van der Waals surface area contributed by atoms with Gasteiger partial charge in [-0.3, -0.25) is 0 Å². The molecule has 0 radical (unpaired) electrons. The first-order valence-electron chi connectivity index (χ1n) is 9.73. The average molecular weight is 395 g/mol. The first kappa shape index (κ1) is 20.3. The summed E-state index contributed by atoms with van der Waals surface area (Å²) in [5.74, 6) is 0.769. The van der Waals surface area contributed by atoms with Crippen LogP contribution in [-0.4, -0.2) is 49.8 Å². The zero-order valence-corrected chi connectivity index (χ0v) is 16.5. The maximum Gasteiger partial charge on any atom is 0.409 e. The van der Waals surface area contributed by atoms with Crippen molar-refractivity contribution < 1.29 is 14.3 Å². The van der Waals surface area contributed by atoms with E-state index in [1.165, 1.54) is 0 Å². The SMILES string of the molecule is CCOC(=O)N1CCN(c2ccc(N=C(NC#N)OC3=CC=CCC3)cc2)CC1. The molecule has 0 atom stereocenters. The van der Waals surface area contributed by atoms with Gasteiger partial charge in [0.25, 0.3) is 0 Å². The van der Waals surface area contributed by atoms with E-state index in [0.29, 0.717) is 25.4 Å². The van der Waals surface area contributed by atoms with Crippen LogP contribution < -0.4 is 10.2 Å². The van der Waals surface area contributed by atoms with Crippen molar-refractivity contribution in [2.45, 2.75) is 19.8 Å². The van der Waals surface area contributed by atoms with Crippen LogP contribution in [0.5, 0.6) is 0 Å². The Morgan fingerprint density at radius 3 is 2.62 bits per heavy atom. The molecule has 1 aliphatic carbocycles. The lowest BCUT2D eigenvalue weighted by Crippen LogP contribution is -2.48. The number of amides is 1. The largest absolute Gasteiger partial charge is 0.450 e. The fraction of sp³-hybridized carbons (Fsp3) is 0.381. The molecule has 0 saturated carbocycles. The maximum atomic E-state index is 11.8. The van der Waals surface area contributed by atoms with E-state index >= 15 is 0 Å². The van der Waals surface area contributed by atoms with E-state index in [4.69, 9.17) is 14.7 Å². The van der Waals surface area contributed by atoms with Crippen molar-refractivity contribution in [3.63, 3.8) is 0 Å². The predicted molar refractivity (Wildman–Crippen MR) is 111 cm³/mol. The number of nitriles is 1. The number of benzene rings is 1. The molecule has 1 fully saturated rings. The van der Waals surface area contributed by atoms with E-state index in [9.17, 15) is 4.79 Å². The molecule has 0 bridgehead atoms. The number of carbonyl (C=O) groups excluding carboxylic acids is 1. The molecule has 1 aromatic carbocycles. The summed E-state index contributed by atoms with van der Waals surface area (Å²) in [6, 6.07) is 7.87. The number of nitrogens with zero attached hydrogens (tertiary/aromatic N) is 4. The van der Waals surface area contributed by atoms with Crippen molar-refractivity contribution in [3.05, 3.63) is 48.3 Å². The van der Waals surface area contributed by atoms with E-state index in [-0.39, 0.29) is 12.1 Å². The molecule has 3 rings (SSSR count). The van der Waals surface area contributed by atoms with Crippen LogP contribution in [0.15, 0.2) is 53.2 Å². The molecule has 2 aliphatic rings. The Balaban J connectivity index is 1.61. The quantitative estimate of drug-likeness (QED) is 0.364. The molecule has 1 amide bonds. The van der Waals surface area contributed by atoms with Crippen molar-refractivity contribution in [2.24, 2.45) is 4.99 Å². The molecule has 8 nitrogen and oxygen atoms in total. The summed E-state index contributed by atoms with van der Waals surface area (Å²) in [6.07, 6.45) is 9.16. The van der Waals surface area contributed by atoms with Crippen LogP contribution >= 0.6 is 0 Å². The highest BCUT2D eigenvalue weighted by atomic mass is 16.6.